The Morgan fingerprint density at radius 2 is 1.89 bits per heavy atom. The number of benzene rings is 2. The molecule has 2 aromatic carbocycles. The number of hydrogen-bond acceptors (Lipinski definition) is 3. The van der Waals surface area contributed by atoms with Crippen LogP contribution in [-0.4, -0.2) is 30.5 Å². The fourth-order valence-corrected chi connectivity index (χ4v) is 5.93. The first-order chi connectivity index (χ1) is 17.0. The molecule has 2 aliphatic rings. The third kappa shape index (κ3) is 3.73. The van der Waals surface area contributed by atoms with Crippen molar-refractivity contribution in [1.29, 1.82) is 0 Å². The second-order valence-electron chi connectivity index (χ2n) is 10.1. The maximum atomic E-state index is 13.4. The highest BCUT2D eigenvalue weighted by Gasteiger charge is 2.52. The minimum atomic E-state index is -0.827. The monoisotopic (exact) mass is 468 g/mol. The molecular formula is C29H29FN4O. The van der Waals surface area contributed by atoms with Gasteiger partial charge in [0.1, 0.15) is 11.6 Å². The minimum Gasteiger partial charge on any atom is -0.389 e. The van der Waals surface area contributed by atoms with Gasteiger partial charge in [-0.3, -0.25) is 0 Å². The van der Waals surface area contributed by atoms with Crippen molar-refractivity contribution in [2.75, 3.05) is 0 Å². The Kier molecular flexibility index (Phi) is 5.22. The van der Waals surface area contributed by atoms with E-state index in [-0.39, 0.29) is 11.2 Å². The fourth-order valence-electron chi connectivity index (χ4n) is 5.93. The summed E-state index contributed by atoms with van der Waals surface area (Å²) >= 11 is 0. The summed E-state index contributed by atoms with van der Waals surface area (Å²) in [6.45, 7) is 2.20. The number of aliphatic hydroxyl groups is 1. The van der Waals surface area contributed by atoms with Crippen molar-refractivity contribution in [3.63, 3.8) is 0 Å². The van der Waals surface area contributed by atoms with E-state index in [4.69, 9.17) is 0 Å². The molecule has 0 radical (unpaired) electrons. The largest absolute Gasteiger partial charge is 0.389 e. The minimum absolute atomic E-state index is 0.259. The van der Waals surface area contributed by atoms with E-state index in [9.17, 15) is 9.50 Å². The van der Waals surface area contributed by atoms with E-state index >= 15 is 0 Å². The van der Waals surface area contributed by atoms with E-state index in [0.29, 0.717) is 12.8 Å². The Balaban J connectivity index is 1.26. The lowest BCUT2D eigenvalue weighted by Gasteiger charge is -2.52. The molecule has 1 fully saturated rings. The van der Waals surface area contributed by atoms with Gasteiger partial charge >= 0.3 is 0 Å². The van der Waals surface area contributed by atoms with Crippen LogP contribution in [0.15, 0.2) is 72.6 Å². The number of rotatable bonds is 5. The van der Waals surface area contributed by atoms with Crippen molar-refractivity contribution < 1.29 is 9.50 Å². The van der Waals surface area contributed by atoms with Gasteiger partial charge in [-0.25, -0.2) is 14.1 Å². The lowest BCUT2D eigenvalue weighted by molar-refractivity contribution is -0.0846. The summed E-state index contributed by atoms with van der Waals surface area (Å²) in [7, 11) is 0. The number of imidazole rings is 1. The van der Waals surface area contributed by atoms with E-state index in [1.165, 1.54) is 17.7 Å². The molecule has 2 aromatic heterocycles. The van der Waals surface area contributed by atoms with Crippen molar-refractivity contribution in [1.82, 2.24) is 19.7 Å². The molecule has 6 heteroatoms. The smallest absolute Gasteiger partial charge is 0.123 e. The molecule has 178 valence electrons. The van der Waals surface area contributed by atoms with Crippen LogP contribution in [-0.2, 0) is 12.8 Å². The van der Waals surface area contributed by atoms with Crippen LogP contribution in [0.4, 0.5) is 4.39 Å². The Labute approximate surface area is 204 Å². The molecule has 0 bridgehead atoms. The van der Waals surface area contributed by atoms with Gasteiger partial charge in [0, 0.05) is 11.8 Å². The van der Waals surface area contributed by atoms with Crippen LogP contribution in [0, 0.1) is 11.2 Å². The molecular weight excluding hydrogens is 439 g/mol. The molecule has 5 nitrogen and oxygen atoms in total. The highest BCUT2D eigenvalue weighted by Crippen LogP contribution is 2.54. The molecule has 2 unspecified atom stereocenters. The van der Waals surface area contributed by atoms with Crippen molar-refractivity contribution in [2.24, 2.45) is 5.41 Å². The van der Waals surface area contributed by atoms with Gasteiger partial charge in [-0.15, -0.1) is 0 Å². The second kappa shape index (κ2) is 8.31. The highest BCUT2D eigenvalue weighted by atomic mass is 19.1. The molecule has 0 amide bonds. The van der Waals surface area contributed by atoms with Crippen molar-refractivity contribution >= 4 is 6.08 Å². The van der Waals surface area contributed by atoms with Gasteiger partial charge in [-0.1, -0.05) is 42.8 Å². The molecule has 2 N–H and O–H groups in total. The zero-order valence-corrected chi connectivity index (χ0v) is 19.8. The first-order valence-corrected chi connectivity index (χ1v) is 12.3. The quantitative estimate of drug-likeness (QED) is 0.384. The van der Waals surface area contributed by atoms with Crippen LogP contribution < -0.4 is 0 Å². The van der Waals surface area contributed by atoms with Crippen LogP contribution in [0.1, 0.15) is 49.7 Å². The van der Waals surface area contributed by atoms with Gasteiger partial charge in [0.2, 0.25) is 0 Å². The van der Waals surface area contributed by atoms with Gasteiger partial charge in [0.05, 0.1) is 35.1 Å². The molecule has 2 heterocycles. The highest BCUT2D eigenvalue weighted by molar-refractivity contribution is 5.62. The standard InChI is InChI=1S/C29H29FN4O/c1-28-17-21-18-32-34(24-11-9-23(30)10-12-24)26(21)16-22(28)8-5-14-29(28,35)15-13-27-31-19-25(33-27)20-6-3-2-4-7-20/h2-4,6-7,9-12,16,18-19,35H,5,8,13-15,17H2,1H3,(H,31,33). The van der Waals surface area contributed by atoms with Crippen LogP contribution in [0.2, 0.25) is 0 Å². The summed E-state index contributed by atoms with van der Waals surface area (Å²) in [5.41, 5.74) is 5.18. The average Bonchev–Trinajstić information content (AvgIpc) is 3.51. The fraction of sp³-hybridized carbons (Fsp3) is 0.310. The zero-order chi connectivity index (χ0) is 24.0. The normalized spacial score (nSPS) is 23.5. The predicted molar refractivity (Wildman–Crippen MR) is 134 cm³/mol. The topological polar surface area (TPSA) is 66.7 Å². The van der Waals surface area contributed by atoms with Crippen LogP contribution in [0.5, 0.6) is 0 Å². The molecule has 6 rings (SSSR count). The van der Waals surface area contributed by atoms with Gasteiger partial charge in [0.15, 0.2) is 0 Å². The Bertz CT molecular complexity index is 1390. The van der Waals surface area contributed by atoms with E-state index in [2.05, 4.69) is 40.2 Å². The molecule has 2 aliphatic carbocycles. The number of nitrogens with zero attached hydrogens (tertiary/aromatic N) is 3. The second-order valence-corrected chi connectivity index (χ2v) is 10.1. The number of hydrogen-bond donors (Lipinski definition) is 2. The number of halogens is 1. The maximum Gasteiger partial charge on any atom is 0.123 e. The van der Waals surface area contributed by atoms with E-state index in [1.807, 2.05) is 35.3 Å². The summed E-state index contributed by atoms with van der Waals surface area (Å²) in [6, 6.07) is 16.6. The lowest BCUT2D eigenvalue weighted by Crippen LogP contribution is -2.52. The van der Waals surface area contributed by atoms with Gasteiger partial charge in [0.25, 0.3) is 0 Å². The van der Waals surface area contributed by atoms with E-state index in [0.717, 1.165) is 59.7 Å². The summed E-state index contributed by atoms with van der Waals surface area (Å²) in [4.78, 5) is 8.03. The molecule has 4 aromatic rings. The number of aromatic nitrogens is 4. The number of aryl methyl sites for hydroxylation is 1. The molecule has 0 saturated heterocycles. The molecule has 0 spiro atoms. The number of fused-ring (bicyclic) bond motifs is 2. The Morgan fingerprint density at radius 1 is 1.09 bits per heavy atom. The molecule has 35 heavy (non-hydrogen) atoms. The average molecular weight is 469 g/mol. The number of nitrogens with one attached hydrogen (secondary N) is 1. The van der Waals surface area contributed by atoms with Gasteiger partial charge in [-0.2, -0.15) is 5.10 Å². The van der Waals surface area contributed by atoms with Gasteiger partial charge in [-0.05, 0) is 73.6 Å². The van der Waals surface area contributed by atoms with Crippen LogP contribution in [0.3, 0.4) is 0 Å². The van der Waals surface area contributed by atoms with E-state index in [1.54, 1.807) is 12.1 Å². The molecule has 1 saturated carbocycles. The first-order valence-electron chi connectivity index (χ1n) is 12.3. The summed E-state index contributed by atoms with van der Waals surface area (Å²) < 4.78 is 15.3. The Hall–Kier alpha value is -3.51. The SMILES string of the molecule is CC12Cc3cnn(-c4ccc(F)cc4)c3C=C1CCCC2(O)CCc1ncc(-c2ccccc2)[nH]1. The van der Waals surface area contributed by atoms with Crippen molar-refractivity contribution in [2.45, 2.75) is 51.0 Å². The number of aromatic amines is 1. The number of H-pyrrole nitrogens is 1. The Morgan fingerprint density at radius 3 is 2.69 bits per heavy atom. The summed E-state index contributed by atoms with van der Waals surface area (Å²) in [5, 5.41) is 16.7. The lowest BCUT2D eigenvalue weighted by atomic mass is 9.56. The van der Waals surface area contributed by atoms with Crippen LogP contribution >= 0.6 is 0 Å². The summed E-state index contributed by atoms with van der Waals surface area (Å²) in [5.74, 6) is 0.642. The molecule has 0 aliphatic heterocycles. The predicted octanol–water partition coefficient (Wildman–Crippen LogP) is 5.90. The van der Waals surface area contributed by atoms with E-state index < -0.39 is 5.60 Å². The molecule has 2 atom stereocenters. The third-order valence-electron chi connectivity index (χ3n) is 8.07. The summed E-state index contributed by atoms with van der Waals surface area (Å²) in [6.07, 6.45) is 10.7. The van der Waals surface area contributed by atoms with Crippen molar-refractivity contribution in [3.05, 3.63) is 95.5 Å². The van der Waals surface area contributed by atoms with Crippen LogP contribution in [0.25, 0.3) is 23.0 Å². The first kappa shape index (κ1) is 22.0. The maximum absolute atomic E-state index is 13.4. The van der Waals surface area contributed by atoms with Gasteiger partial charge < -0.3 is 10.1 Å². The third-order valence-corrected chi connectivity index (χ3v) is 8.07. The zero-order valence-electron chi connectivity index (χ0n) is 19.8. The van der Waals surface area contributed by atoms with Crippen molar-refractivity contribution in [3.8, 4) is 16.9 Å².